The molecule has 0 radical (unpaired) electrons. The van der Waals surface area contributed by atoms with Crippen molar-refractivity contribution in [1.29, 1.82) is 0 Å². The summed E-state index contributed by atoms with van der Waals surface area (Å²) >= 11 is 5.85. The average Bonchev–Trinajstić information content (AvgIpc) is 3.01. The fraction of sp³-hybridized carbons (Fsp3) is 0.438. The predicted octanol–water partition coefficient (Wildman–Crippen LogP) is 2.57. The standard InChI is InChI=1S/C16H21ClN4O2/c17-13-8-6-12(7-9-13)16-20-15(23-21-16)5-3-4-14(22)19-11-2-1-10-18/h6-9H,1-5,10-11,18H2,(H,19,22). The van der Waals surface area contributed by atoms with E-state index in [0.29, 0.717) is 49.1 Å². The van der Waals surface area contributed by atoms with Crippen molar-refractivity contribution in [3.05, 3.63) is 35.2 Å². The Bertz CT molecular complexity index is 613. The molecule has 0 aliphatic heterocycles. The number of nitrogens with two attached hydrogens (primary N) is 1. The lowest BCUT2D eigenvalue weighted by Gasteiger charge is -2.03. The smallest absolute Gasteiger partial charge is 0.226 e. The summed E-state index contributed by atoms with van der Waals surface area (Å²) in [5, 5.41) is 7.47. The van der Waals surface area contributed by atoms with E-state index in [2.05, 4.69) is 15.5 Å². The van der Waals surface area contributed by atoms with Crippen LogP contribution in [0.4, 0.5) is 0 Å². The molecule has 3 N–H and O–H groups in total. The summed E-state index contributed by atoms with van der Waals surface area (Å²) in [6, 6.07) is 7.24. The van der Waals surface area contributed by atoms with Crippen molar-refractivity contribution in [2.24, 2.45) is 5.73 Å². The molecule has 1 aromatic heterocycles. The summed E-state index contributed by atoms with van der Waals surface area (Å²) in [7, 11) is 0. The molecule has 1 heterocycles. The van der Waals surface area contributed by atoms with Gasteiger partial charge in [-0.25, -0.2) is 0 Å². The Balaban J connectivity index is 1.72. The summed E-state index contributed by atoms with van der Waals surface area (Å²) in [4.78, 5) is 16.0. The number of nitrogens with one attached hydrogen (secondary N) is 1. The summed E-state index contributed by atoms with van der Waals surface area (Å²) in [6.45, 7) is 1.33. The van der Waals surface area contributed by atoms with Crippen LogP contribution in [-0.4, -0.2) is 29.1 Å². The second kappa shape index (κ2) is 9.27. The number of carbonyl (C=O) groups excluding carboxylic acids is 1. The monoisotopic (exact) mass is 336 g/mol. The molecule has 0 saturated carbocycles. The number of halogens is 1. The van der Waals surface area contributed by atoms with Crippen LogP contribution in [0, 0.1) is 0 Å². The van der Waals surface area contributed by atoms with Crippen LogP contribution in [0.3, 0.4) is 0 Å². The molecule has 0 aliphatic rings. The van der Waals surface area contributed by atoms with Crippen molar-refractivity contribution in [1.82, 2.24) is 15.5 Å². The Labute approximate surface area is 140 Å². The van der Waals surface area contributed by atoms with Gasteiger partial charge in [-0.3, -0.25) is 4.79 Å². The van der Waals surface area contributed by atoms with Crippen LogP contribution in [0.25, 0.3) is 11.4 Å². The minimum Gasteiger partial charge on any atom is -0.356 e. The van der Waals surface area contributed by atoms with Crippen molar-refractivity contribution in [3.8, 4) is 11.4 Å². The van der Waals surface area contributed by atoms with E-state index < -0.39 is 0 Å². The number of unbranched alkanes of at least 4 members (excludes halogenated alkanes) is 1. The number of carbonyl (C=O) groups is 1. The third kappa shape index (κ3) is 6.00. The maximum Gasteiger partial charge on any atom is 0.226 e. The first kappa shape index (κ1) is 17.4. The van der Waals surface area contributed by atoms with Crippen LogP contribution in [0.2, 0.25) is 5.02 Å². The number of rotatable bonds is 9. The summed E-state index contributed by atoms with van der Waals surface area (Å²) in [5.41, 5.74) is 6.25. The number of hydrogen-bond acceptors (Lipinski definition) is 5. The molecule has 23 heavy (non-hydrogen) atoms. The topological polar surface area (TPSA) is 94.0 Å². The lowest BCUT2D eigenvalue weighted by molar-refractivity contribution is -0.121. The SMILES string of the molecule is NCCCCNC(=O)CCCc1nc(-c2ccc(Cl)cc2)no1. The lowest BCUT2D eigenvalue weighted by atomic mass is 10.2. The average molecular weight is 337 g/mol. The van der Waals surface area contributed by atoms with Crippen LogP contribution in [0.15, 0.2) is 28.8 Å². The molecule has 0 saturated heterocycles. The van der Waals surface area contributed by atoms with Gasteiger partial charge in [-0.05, 0) is 50.1 Å². The van der Waals surface area contributed by atoms with Gasteiger partial charge in [0.05, 0.1) is 0 Å². The van der Waals surface area contributed by atoms with Crippen LogP contribution in [-0.2, 0) is 11.2 Å². The van der Waals surface area contributed by atoms with E-state index in [4.69, 9.17) is 21.9 Å². The summed E-state index contributed by atoms with van der Waals surface area (Å²) in [5.74, 6) is 1.10. The number of amides is 1. The van der Waals surface area contributed by atoms with Gasteiger partial charge >= 0.3 is 0 Å². The highest BCUT2D eigenvalue weighted by Gasteiger charge is 2.09. The number of hydrogen-bond donors (Lipinski definition) is 2. The highest BCUT2D eigenvalue weighted by Crippen LogP contribution is 2.19. The molecule has 1 aromatic carbocycles. The fourth-order valence-corrected chi connectivity index (χ4v) is 2.18. The second-order valence-corrected chi connectivity index (χ2v) is 5.65. The number of aryl methyl sites for hydroxylation is 1. The molecular weight excluding hydrogens is 316 g/mol. The zero-order valence-electron chi connectivity index (χ0n) is 12.9. The van der Waals surface area contributed by atoms with Gasteiger partial charge < -0.3 is 15.6 Å². The molecule has 7 heteroatoms. The molecule has 124 valence electrons. The third-order valence-corrected chi connectivity index (χ3v) is 3.57. The van der Waals surface area contributed by atoms with Gasteiger partial charge in [-0.1, -0.05) is 16.8 Å². The molecule has 0 bridgehead atoms. The fourth-order valence-electron chi connectivity index (χ4n) is 2.06. The van der Waals surface area contributed by atoms with E-state index in [1.807, 2.05) is 12.1 Å². The van der Waals surface area contributed by atoms with Gasteiger partial charge in [0, 0.05) is 30.0 Å². The molecule has 2 rings (SSSR count). The van der Waals surface area contributed by atoms with Crippen molar-refractivity contribution in [3.63, 3.8) is 0 Å². The molecule has 0 fully saturated rings. The van der Waals surface area contributed by atoms with Crippen molar-refractivity contribution >= 4 is 17.5 Å². The minimum absolute atomic E-state index is 0.0412. The number of benzene rings is 1. The van der Waals surface area contributed by atoms with Crippen LogP contribution in [0.5, 0.6) is 0 Å². The first-order chi connectivity index (χ1) is 11.2. The van der Waals surface area contributed by atoms with E-state index in [1.165, 1.54) is 0 Å². The highest BCUT2D eigenvalue weighted by atomic mass is 35.5. The normalized spacial score (nSPS) is 10.7. The van der Waals surface area contributed by atoms with Gasteiger partial charge in [0.25, 0.3) is 0 Å². The summed E-state index contributed by atoms with van der Waals surface area (Å²) < 4.78 is 5.20. The van der Waals surface area contributed by atoms with Gasteiger partial charge in [-0.2, -0.15) is 4.98 Å². The van der Waals surface area contributed by atoms with E-state index in [0.717, 1.165) is 18.4 Å². The first-order valence-corrected chi connectivity index (χ1v) is 8.12. The van der Waals surface area contributed by atoms with Crippen molar-refractivity contribution < 1.29 is 9.32 Å². The van der Waals surface area contributed by atoms with E-state index in [1.54, 1.807) is 12.1 Å². The Morgan fingerprint density at radius 1 is 1.22 bits per heavy atom. The number of aromatic nitrogens is 2. The largest absolute Gasteiger partial charge is 0.356 e. The lowest BCUT2D eigenvalue weighted by Crippen LogP contribution is -2.24. The van der Waals surface area contributed by atoms with Crippen molar-refractivity contribution in [2.45, 2.75) is 32.1 Å². The van der Waals surface area contributed by atoms with E-state index in [-0.39, 0.29) is 5.91 Å². The third-order valence-electron chi connectivity index (χ3n) is 3.32. The Morgan fingerprint density at radius 2 is 2.00 bits per heavy atom. The Morgan fingerprint density at radius 3 is 2.74 bits per heavy atom. The molecule has 6 nitrogen and oxygen atoms in total. The molecule has 0 spiro atoms. The molecule has 2 aromatic rings. The molecule has 1 amide bonds. The van der Waals surface area contributed by atoms with Crippen LogP contribution < -0.4 is 11.1 Å². The minimum atomic E-state index is 0.0412. The second-order valence-electron chi connectivity index (χ2n) is 5.22. The molecule has 0 atom stereocenters. The summed E-state index contributed by atoms with van der Waals surface area (Å²) in [6.07, 6.45) is 3.54. The van der Waals surface area contributed by atoms with Crippen LogP contribution in [0.1, 0.15) is 31.6 Å². The van der Waals surface area contributed by atoms with Crippen molar-refractivity contribution in [2.75, 3.05) is 13.1 Å². The predicted molar refractivity (Wildman–Crippen MR) is 89.0 cm³/mol. The van der Waals surface area contributed by atoms with Gasteiger partial charge in [0.15, 0.2) is 0 Å². The van der Waals surface area contributed by atoms with E-state index >= 15 is 0 Å². The quantitative estimate of drug-likeness (QED) is 0.686. The Kier molecular flexibility index (Phi) is 7.03. The maximum absolute atomic E-state index is 11.6. The first-order valence-electron chi connectivity index (χ1n) is 7.74. The zero-order valence-corrected chi connectivity index (χ0v) is 13.7. The zero-order chi connectivity index (χ0) is 16.5. The highest BCUT2D eigenvalue weighted by molar-refractivity contribution is 6.30. The van der Waals surface area contributed by atoms with Gasteiger partial charge in [-0.15, -0.1) is 0 Å². The number of nitrogens with zero attached hydrogens (tertiary/aromatic N) is 2. The molecule has 0 aliphatic carbocycles. The van der Waals surface area contributed by atoms with Gasteiger partial charge in [0.1, 0.15) is 0 Å². The maximum atomic E-state index is 11.6. The van der Waals surface area contributed by atoms with E-state index in [9.17, 15) is 4.79 Å². The Hall–Kier alpha value is -1.92. The molecular formula is C16H21ClN4O2. The van der Waals surface area contributed by atoms with Gasteiger partial charge in [0.2, 0.25) is 17.6 Å². The van der Waals surface area contributed by atoms with Crippen LogP contribution >= 0.6 is 11.6 Å². The molecule has 0 unspecified atom stereocenters.